The molecule has 0 radical (unpaired) electrons. The minimum atomic E-state index is -3.93. The van der Waals surface area contributed by atoms with E-state index in [1.807, 2.05) is 13.8 Å². The van der Waals surface area contributed by atoms with Crippen molar-refractivity contribution < 1.29 is 22.7 Å². The molecule has 3 rings (SSSR count). The smallest absolute Gasteiger partial charge is 0.263 e. The van der Waals surface area contributed by atoms with Crippen molar-refractivity contribution in [3.05, 3.63) is 66.5 Å². The number of carbonyl (C=O) groups excluding carboxylic acids is 1. The highest BCUT2D eigenvalue weighted by molar-refractivity contribution is 7.92. The molecule has 1 amide bonds. The van der Waals surface area contributed by atoms with Crippen molar-refractivity contribution >= 4 is 44.8 Å². The van der Waals surface area contributed by atoms with E-state index in [-0.39, 0.29) is 27.8 Å². The number of amides is 1. The lowest BCUT2D eigenvalue weighted by atomic mass is 10.2. The van der Waals surface area contributed by atoms with Crippen molar-refractivity contribution in [1.29, 1.82) is 0 Å². The Morgan fingerprint density at radius 1 is 1.06 bits per heavy atom. The zero-order chi connectivity index (χ0) is 24.7. The molecule has 178 valence electrons. The van der Waals surface area contributed by atoms with Crippen molar-refractivity contribution in [2.75, 3.05) is 17.1 Å². The van der Waals surface area contributed by atoms with Crippen LogP contribution in [-0.4, -0.2) is 42.6 Å². The third kappa shape index (κ3) is 6.62. The van der Waals surface area contributed by atoms with E-state index in [1.165, 1.54) is 43.8 Å². The van der Waals surface area contributed by atoms with Gasteiger partial charge in [-0.05, 0) is 68.5 Å². The van der Waals surface area contributed by atoms with E-state index >= 15 is 0 Å². The van der Waals surface area contributed by atoms with Gasteiger partial charge in [-0.1, -0.05) is 6.07 Å². The largest absolute Gasteiger partial charge is 0.491 e. The molecule has 0 unspecified atom stereocenters. The Morgan fingerprint density at radius 2 is 1.76 bits per heavy atom. The average molecular weight is 502 g/mol. The highest BCUT2D eigenvalue weighted by atomic mass is 32.2. The summed E-state index contributed by atoms with van der Waals surface area (Å²) in [4.78, 5) is 20.3. The van der Waals surface area contributed by atoms with Crippen molar-refractivity contribution in [1.82, 2.24) is 15.3 Å². The maximum Gasteiger partial charge on any atom is 0.263 e. The molecule has 2 aromatic carbocycles. The monoisotopic (exact) mass is 501 g/mol. The quantitative estimate of drug-likeness (QED) is 0.398. The van der Waals surface area contributed by atoms with Gasteiger partial charge in [-0.25, -0.2) is 18.4 Å². The second kappa shape index (κ2) is 10.9. The first-order valence-electron chi connectivity index (χ1n) is 10.0. The number of rotatable bonds is 8. The van der Waals surface area contributed by atoms with Gasteiger partial charge in [-0.2, -0.15) is 0 Å². The van der Waals surface area contributed by atoms with Crippen LogP contribution in [0.1, 0.15) is 24.2 Å². The summed E-state index contributed by atoms with van der Waals surface area (Å²) < 4.78 is 38.2. The molecule has 10 nitrogen and oxygen atoms in total. The van der Waals surface area contributed by atoms with Crippen LogP contribution >= 0.6 is 12.2 Å². The normalized spacial score (nSPS) is 10.9. The lowest BCUT2D eigenvalue weighted by Gasteiger charge is -2.13. The van der Waals surface area contributed by atoms with Crippen molar-refractivity contribution in [3.63, 3.8) is 0 Å². The molecule has 12 heteroatoms. The van der Waals surface area contributed by atoms with Gasteiger partial charge in [0.15, 0.2) is 5.11 Å². The summed E-state index contributed by atoms with van der Waals surface area (Å²) in [5.74, 6) is 0.185. The Labute approximate surface area is 202 Å². The van der Waals surface area contributed by atoms with Gasteiger partial charge in [0.25, 0.3) is 21.8 Å². The number of ether oxygens (including phenoxy) is 2. The summed E-state index contributed by atoms with van der Waals surface area (Å²) in [6.45, 7) is 3.79. The van der Waals surface area contributed by atoms with Crippen LogP contribution in [0.2, 0.25) is 0 Å². The number of sulfonamides is 1. The van der Waals surface area contributed by atoms with Gasteiger partial charge in [0, 0.05) is 23.6 Å². The summed E-state index contributed by atoms with van der Waals surface area (Å²) in [6, 6.07) is 12.5. The Hall–Kier alpha value is -3.77. The van der Waals surface area contributed by atoms with Crippen LogP contribution in [0.5, 0.6) is 11.6 Å². The molecule has 0 bridgehead atoms. The third-order valence-electron chi connectivity index (χ3n) is 4.21. The topological polar surface area (TPSA) is 132 Å². The fourth-order valence-corrected chi connectivity index (χ4v) is 3.99. The van der Waals surface area contributed by atoms with Gasteiger partial charge in [0.2, 0.25) is 5.82 Å². The molecule has 0 aliphatic heterocycles. The van der Waals surface area contributed by atoms with E-state index in [9.17, 15) is 13.2 Å². The van der Waals surface area contributed by atoms with Crippen LogP contribution < -0.4 is 24.8 Å². The molecule has 0 saturated carbocycles. The summed E-state index contributed by atoms with van der Waals surface area (Å²) in [5.41, 5.74) is 0.868. The zero-order valence-electron chi connectivity index (χ0n) is 18.6. The van der Waals surface area contributed by atoms with Crippen LogP contribution in [0, 0.1) is 0 Å². The van der Waals surface area contributed by atoms with Gasteiger partial charge in [-0.15, -0.1) is 0 Å². The van der Waals surface area contributed by atoms with E-state index in [2.05, 4.69) is 25.3 Å². The maximum atomic E-state index is 12.7. The molecule has 3 N–H and O–H groups in total. The SMILES string of the molecule is COc1nccnc1NS(=O)(=O)c1ccc(NC(=S)NC(=O)c2cccc(OC(C)C)c2)cc1. The fourth-order valence-electron chi connectivity index (χ4n) is 2.77. The second-order valence-corrected chi connectivity index (χ2v) is 9.24. The molecule has 34 heavy (non-hydrogen) atoms. The Kier molecular flexibility index (Phi) is 7.97. The van der Waals surface area contributed by atoms with Gasteiger partial charge < -0.3 is 14.8 Å². The van der Waals surface area contributed by atoms with Crippen LogP contribution in [-0.2, 0) is 10.0 Å². The zero-order valence-corrected chi connectivity index (χ0v) is 20.2. The molecule has 0 atom stereocenters. The minimum Gasteiger partial charge on any atom is -0.491 e. The molecular weight excluding hydrogens is 478 g/mol. The molecular formula is C22H23N5O5S2. The molecule has 1 heterocycles. The standard InChI is InChI=1S/C22H23N5O5S2/c1-14(2)32-17-6-4-5-15(13-17)20(28)26-22(33)25-16-7-9-18(10-8-16)34(29,30)27-19-21(31-3)24-12-11-23-19/h4-14H,1-3H3,(H,23,27)(H2,25,26,28,33). The predicted molar refractivity (Wildman–Crippen MR) is 132 cm³/mol. The van der Waals surface area contributed by atoms with Crippen LogP contribution in [0.15, 0.2) is 65.8 Å². The molecule has 0 saturated heterocycles. The van der Waals surface area contributed by atoms with Crippen LogP contribution in [0.3, 0.4) is 0 Å². The number of nitrogens with zero attached hydrogens (tertiary/aromatic N) is 2. The summed E-state index contributed by atoms with van der Waals surface area (Å²) in [5, 5.41) is 5.48. The molecule has 0 aliphatic rings. The molecule has 1 aromatic heterocycles. The van der Waals surface area contributed by atoms with Crippen molar-refractivity contribution in [2.24, 2.45) is 0 Å². The first-order valence-corrected chi connectivity index (χ1v) is 11.9. The number of anilines is 2. The van der Waals surface area contributed by atoms with Gasteiger partial charge in [0.05, 0.1) is 18.1 Å². The van der Waals surface area contributed by atoms with Crippen LogP contribution in [0.25, 0.3) is 0 Å². The molecule has 0 aliphatic carbocycles. The molecule has 0 fully saturated rings. The number of methoxy groups -OCH3 is 1. The van der Waals surface area contributed by atoms with E-state index in [0.29, 0.717) is 17.0 Å². The van der Waals surface area contributed by atoms with Crippen molar-refractivity contribution in [2.45, 2.75) is 24.8 Å². The van der Waals surface area contributed by atoms with E-state index in [1.54, 1.807) is 24.3 Å². The number of hydrogen-bond acceptors (Lipinski definition) is 8. The number of aromatic nitrogens is 2. The lowest BCUT2D eigenvalue weighted by Crippen LogP contribution is -2.34. The molecule has 0 spiro atoms. The van der Waals surface area contributed by atoms with E-state index in [4.69, 9.17) is 21.7 Å². The Balaban J connectivity index is 1.63. The van der Waals surface area contributed by atoms with E-state index in [0.717, 1.165) is 0 Å². The summed E-state index contributed by atoms with van der Waals surface area (Å²) >= 11 is 5.20. The average Bonchev–Trinajstić information content (AvgIpc) is 2.79. The highest BCUT2D eigenvalue weighted by Crippen LogP contribution is 2.22. The Bertz CT molecular complexity index is 1280. The first kappa shape index (κ1) is 24.9. The summed E-state index contributed by atoms with van der Waals surface area (Å²) in [6.07, 6.45) is 2.70. The number of hydrogen-bond donors (Lipinski definition) is 3. The number of benzene rings is 2. The number of thiocarbonyl (C=S) groups is 1. The summed E-state index contributed by atoms with van der Waals surface area (Å²) in [7, 11) is -2.57. The number of nitrogens with one attached hydrogen (secondary N) is 3. The van der Waals surface area contributed by atoms with E-state index < -0.39 is 15.9 Å². The minimum absolute atomic E-state index is 0.0114. The number of carbonyl (C=O) groups is 1. The van der Waals surface area contributed by atoms with Gasteiger partial charge in [0.1, 0.15) is 5.75 Å². The molecule has 3 aromatic rings. The van der Waals surface area contributed by atoms with Gasteiger partial charge in [-0.3, -0.25) is 14.8 Å². The third-order valence-corrected chi connectivity index (χ3v) is 5.77. The van der Waals surface area contributed by atoms with Crippen LogP contribution in [0.4, 0.5) is 11.5 Å². The first-order chi connectivity index (χ1) is 16.2. The maximum absolute atomic E-state index is 12.7. The van der Waals surface area contributed by atoms with Crippen molar-refractivity contribution in [3.8, 4) is 11.6 Å². The fraction of sp³-hybridized carbons (Fsp3) is 0.182. The lowest BCUT2D eigenvalue weighted by molar-refractivity contribution is 0.0977. The Morgan fingerprint density at radius 3 is 2.44 bits per heavy atom. The predicted octanol–water partition coefficient (Wildman–Crippen LogP) is 3.20. The second-order valence-electron chi connectivity index (χ2n) is 7.15. The van der Waals surface area contributed by atoms with Gasteiger partial charge >= 0.3 is 0 Å². The highest BCUT2D eigenvalue weighted by Gasteiger charge is 2.18.